The molecule has 0 spiro atoms. The summed E-state index contributed by atoms with van der Waals surface area (Å²) in [4.78, 5) is 89.8. The van der Waals surface area contributed by atoms with Crippen LogP contribution in [0.3, 0.4) is 0 Å². The van der Waals surface area contributed by atoms with Crippen molar-refractivity contribution in [3.05, 3.63) is 389 Å². The minimum absolute atomic E-state index is 0.0148. The lowest BCUT2D eigenvalue weighted by Gasteiger charge is -2.24. The van der Waals surface area contributed by atoms with Gasteiger partial charge < -0.3 is 50.2 Å². The Bertz CT molecular complexity index is 7770. The number of thioether (sulfide) groups is 3. The molecule has 3 amide bonds. The number of aryl methyl sites for hydroxylation is 3. The number of non-ortho nitro benzene ring substituents is 1. The SMILES string of the molecule is COc1ccc(Cn2nnnc2SCc2ccc(Oc3cc(C(=O)Nc4ccccc4C)c(O)c4ccccc34)c([N+](=O)[O-])c2)cc1.Cc1ccccc1NC(=O)c1cc(Oc2ccc(CSc3nnnn3-c3ccccc3)cc2[N+](=O)[O-])c2ccccc2c1O.Cc1ccccc1NC(=O)c1cc(Oc2ccc([N+](=O)[O-])cc2CN(C)C(C)C(=O)Sc2nnnn2-c2ccccc2)c2ccccc2c1O. The molecule has 3 heterocycles. The van der Waals surface area contributed by atoms with Crippen molar-refractivity contribution in [2.45, 2.75) is 73.8 Å². The van der Waals surface area contributed by atoms with Crippen LogP contribution in [0.1, 0.15) is 76.9 Å². The Labute approximate surface area is 815 Å². The Kier molecular flexibility index (Phi) is 30.0. The number of phenolic OH excluding ortho intramolecular Hbond substituents is 3. The molecule has 0 aliphatic rings. The number of para-hydroxylation sites is 5. The molecular formula is C102H83N19O17S3. The van der Waals surface area contributed by atoms with Crippen LogP contribution >= 0.6 is 35.3 Å². The number of anilines is 3. The summed E-state index contributed by atoms with van der Waals surface area (Å²) in [5, 5.41) is 117. The number of amides is 3. The second-order valence-corrected chi connectivity index (χ2v) is 34.6. The highest BCUT2D eigenvalue weighted by Crippen LogP contribution is 2.46. The number of fused-ring (bicyclic) bond motifs is 3. The van der Waals surface area contributed by atoms with E-state index in [1.807, 2.05) is 142 Å². The fraction of sp³-hybridized carbons (Fsp3) is 0.108. The van der Waals surface area contributed by atoms with Crippen LogP contribution in [0.5, 0.6) is 57.5 Å². The number of nitro groups is 3. The van der Waals surface area contributed by atoms with Gasteiger partial charge in [-0.3, -0.25) is 54.4 Å². The first-order chi connectivity index (χ1) is 68.3. The van der Waals surface area contributed by atoms with Gasteiger partial charge in [-0.2, -0.15) is 9.36 Å². The van der Waals surface area contributed by atoms with Crippen LogP contribution in [-0.4, -0.2) is 139 Å². The van der Waals surface area contributed by atoms with Gasteiger partial charge in [-0.15, -0.1) is 15.3 Å². The molecule has 0 bridgehead atoms. The Balaban J connectivity index is 0.000000153. The highest BCUT2D eigenvalue weighted by Gasteiger charge is 2.30. The van der Waals surface area contributed by atoms with Gasteiger partial charge in [0.1, 0.15) is 46.0 Å². The number of rotatable bonds is 31. The summed E-state index contributed by atoms with van der Waals surface area (Å²) in [5.74, 6) is -0.00582. The Morgan fingerprint density at radius 2 is 0.780 bits per heavy atom. The first-order valence-electron chi connectivity index (χ1n) is 43.2. The van der Waals surface area contributed by atoms with Crippen molar-refractivity contribution >= 4 is 125 Å². The van der Waals surface area contributed by atoms with Gasteiger partial charge in [0, 0.05) is 97.3 Å². The number of ether oxygens (including phenoxy) is 4. The summed E-state index contributed by atoms with van der Waals surface area (Å²) in [5.41, 5.74) is 7.75. The largest absolute Gasteiger partial charge is 0.506 e. The van der Waals surface area contributed by atoms with Gasteiger partial charge in [0.25, 0.3) is 23.4 Å². The third-order valence-corrected chi connectivity index (χ3v) is 25.4. The highest BCUT2D eigenvalue weighted by molar-refractivity contribution is 8.13. The average Bonchev–Trinajstić information content (AvgIpc) is 1.63. The number of nitrogens with one attached hydrogen (secondary N) is 3. The van der Waals surface area contributed by atoms with E-state index in [1.165, 1.54) is 88.9 Å². The van der Waals surface area contributed by atoms with E-state index >= 15 is 0 Å². The molecule has 0 aliphatic heterocycles. The molecule has 39 heteroatoms. The number of aromatic nitrogens is 12. The zero-order valence-corrected chi connectivity index (χ0v) is 78.2. The predicted octanol–water partition coefficient (Wildman–Crippen LogP) is 21.1. The maximum Gasteiger partial charge on any atom is 0.311 e. The molecule has 6 N–H and O–H groups in total. The van der Waals surface area contributed by atoms with Crippen molar-refractivity contribution in [3.63, 3.8) is 0 Å². The van der Waals surface area contributed by atoms with E-state index in [9.17, 15) is 64.8 Å². The number of methoxy groups -OCH3 is 1. The summed E-state index contributed by atoms with van der Waals surface area (Å²) >= 11 is 3.56. The highest BCUT2D eigenvalue weighted by atomic mass is 32.2. The Morgan fingerprint density at radius 3 is 1.21 bits per heavy atom. The number of aromatic hydroxyl groups is 3. The van der Waals surface area contributed by atoms with Crippen LogP contribution in [0.2, 0.25) is 0 Å². The smallest absolute Gasteiger partial charge is 0.311 e. The quantitative estimate of drug-likeness (QED) is 0.0133. The number of nitro benzene ring substituents is 3. The Hall–Kier alpha value is -17.8. The number of carbonyl (C=O) groups is 4. The number of nitrogens with zero attached hydrogens (tertiary/aromatic N) is 16. The van der Waals surface area contributed by atoms with E-state index in [2.05, 4.69) is 62.5 Å². The molecule has 1 unspecified atom stereocenters. The predicted molar refractivity (Wildman–Crippen MR) is 533 cm³/mol. The number of likely N-dealkylation sites (N-methyl/N-ethyl adjacent to an activating group) is 1. The van der Waals surface area contributed by atoms with Gasteiger partial charge in [0.2, 0.25) is 32.1 Å². The standard InChI is InChI=1S/C36H31N7O6S.C34H28N6O6S.C32H24N6O5S/c1-22-11-7-10-16-30(22)37-34(45)29-20-32(27-14-8-9-15-28(27)33(29)44)49-31-18-17-26(43(47)48)19-24(31)21-41(3)23(2)35(46)50-36-38-39-40-42(36)25-12-5-4-6-13-25;1-21-7-3-6-10-28(21)35-33(42)27-18-31(25-8-4-5-9-26(25)32(27)41)46-30-16-13-23(17-29(30)40(43)44)20-47-34-36-37-38-39(34)19-22-11-14-24(45-2)15-12-22;1-20-9-5-8-14-26(20)33-31(40)25-18-29(23-12-6-7-13-24(23)30(25)39)43-28-16-15-21(17-27(28)38(41)42)19-44-32-34-35-36-37(32)22-10-3-2-4-11-22/h4-20,23,44H,21H2,1-3H3,(H,37,45);3-18,41H,19-20H2,1-2H3,(H,35,42);2-18,39H,19H2,1H3,(H,33,40). The Morgan fingerprint density at radius 1 is 0.411 bits per heavy atom. The van der Waals surface area contributed by atoms with Crippen molar-refractivity contribution in [1.29, 1.82) is 0 Å². The van der Waals surface area contributed by atoms with Crippen LogP contribution in [0.4, 0.5) is 34.1 Å². The minimum atomic E-state index is -0.667. The summed E-state index contributed by atoms with van der Waals surface area (Å²) in [6, 6.07) is 85.6. The fourth-order valence-corrected chi connectivity index (χ4v) is 17.3. The second-order valence-electron chi connectivity index (χ2n) is 31.7. The van der Waals surface area contributed by atoms with Crippen molar-refractivity contribution in [2.75, 3.05) is 30.1 Å². The monoisotopic (exact) mass is 1940 g/mol. The van der Waals surface area contributed by atoms with E-state index in [-0.39, 0.29) is 97.2 Å². The number of tetrazole rings is 3. The van der Waals surface area contributed by atoms with Crippen LogP contribution in [-0.2, 0) is 29.4 Å². The molecule has 0 saturated carbocycles. The number of carbonyl (C=O) groups excluding carboxylic acids is 4. The van der Waals surface area contributed by atoms with Crippen molar-refractivity contribution in [1.82, 2.24) is 65.5 Å². The van der Waals surface area contributed by atoms with Crippen LogP contribution in [0.25, 0.3) is 43.7 Å². The zero-order valence-electron chi connectivity index (χ0n) is 75.7. The molecule has 0 aliphatic carbocycles. The molecule has 18 rings (SSSR count). The van der Waals surface area contributed by atoms with E-state index in [4.69, 9.17) is 18.9 Å². The summed E-state index contributed by atoms with van der Waals surface area (Å²) in [6.07, 6.45) is 0. The second kappa shape index (κ2) is 43.9. The molecule has 1 atom stereocenters. The lowest BCUT2D eigenvalue weighted by molar-refractivity contribution is -0.385. The lowest BCUT2D eigenvalue weighted by Crippen LogP contribution is -2.34. The topological polar surface area (TPSA) is 465 Å². The molecule has 0 fully saturated rings. The molecule has 706 valence electrons. The fourth-order valence-electron chi connectivity index (χ4n) is 14.8. The molecule has 3 aromatic heterocycles. The van der Waals surface area contributed by atoms with Gasteiger partial charge in [0.05, 0.1) is 62.5 Å². The third kappa shape index (κ3) is 22.6. The molecular weight excluding hydrogens is 1860 g/mol. The van der Waals surface area contributed by atoms with Crippen molar-refractivity contribution in [2.24, 2.45) is 0 Å². The molecule has 0 saturated heterocycles. The summed E-state index contributed by atoms with van der Waals surface area (Å²) in [6.45, 7) is 7.82. The van der Waals surface area contributed by atoms with Crippen molar-refractivity contribution in [3.8, 4) is 68.9 Å². The van der Waals surface area contributed by atoms with Crippen molar-refractivity contribution < 1.29 is 68.2 Å². The third-order valence-electron chi connectivity index (χ3n) is 22.4. The van der Waals surface area contributed by atoms with Crippen LogP contribution in [0, 0.1) is 51.1 Å². The number of hydrogen-bond donors (Lipinski definition) is 6. The van der Waals surface area contributed by atoms with E-state index < -0.39 is 38.5 Å². The normalized spacial score (nSPS) is 11.2. The zero-order chi connectivity index (χ0) is 98.9. The first kappa shape index (κ1) is 96.3. The van der Waals surface area contributed by atoms with Crippen LogP contribution < -0.4 is 34.9 Å². The number of phenols is 3. The first-order valence-corrected chi connectivity index (χ1v) is 46.0. The molecule has 18 aromatic rings. The van der Waals surface area contributed by atoms with E-state index in [1.54, 1.807) is 157 Å². The maximum atomic E-state index is 13.5. The van der Waals surface area contributed by atoms with Gasteiger partial charge in [-0.1, -0.05) is 212 Å². The van der Waals surface area contributed by atoms with Gasteiger partial charge in [-0.05, 0) is 202 Å². The molecule has 36 nitrogen and oxygen atoms in total. The maximum absolute atomic E-state index is 13.5. The van der Waals surface area contributed by atoms with Gasteiger partial charge in [-0.25, -0.2) is 4.68 Å². The van der Waals surface area contributed by atoms with E-state index in [0.29, 0.717) is 105 Å². The van der Waals surface area contributed by atoms with Gasteiger partial charge >= 0.3 is 11.4 Å². The van der Waals surface area contributed by atoms with Gasteiger partial charge in [0.15, 0.2) is 0 Å². The minimum Gasteiger partial charge on any atom is -0.506 e. The molecule has 0 radical (unpaired) electrons. The molecule has 141 heavy (non-hydrogen) atoms. The lowest BCUT2D eigenvalue weighted by atomic mass is 10.0. The summed E-state index contributed by atoms with van der Waals surface area (Å²) < 4.78 is 28.6. The number of benzene rings is 15. The van der Waals surface area contributed by atoms with Crippen LogP contribution in [0.15, 0.2) is 319 Å². The average molecular weight is 1940 g/mol. The molecule has 15 aromatic carbocycles. The summed E-state index contributed by atoms with van der Waals surface area (Å²) in [7, 11) is 3.32. The number of hydrogen-bond acceptors (Lipinski definition) is 30. The van der Waals surface area contributed by atoms with E-state index in [0.717, 1.165) is 45.5 Å².